The molecule has 3 unspecified atom stereocenters. The summed E-state index contributed by atoms with van der Waals surface area (Å²) in [6, 6.07) is 1.57. The van der Waals surface area contributed by atoms with E-state index in [-0.39, 0.29) is 19.4 Å². The molecule has 1 aromatic heterocycles. The lowest BCUT2D eigenvalue weighted by molar-refractivity contribution is 0.362. The molecule has 0 aromatic carbocycles. The van der Waals surface area contributed by atoms with Gasteiger partial charge in [-0.15, -0.1) is 0 Å². The molecular weight excluding hydrogens is 312 g/mol. The zero-order chi connectivity index (χ0) is 18.4. The molecule has 0 saturated heterocycles. The van der Waals surface area contributed by atoms with E-state index in [1.807, 2.05) is 12.1 Å². The third-order valence-electron chi connectivity index (χ3n) is 3.69. The molecule has 0 N–H and O–H groups in total. The first-order valence-corrected chi connectivity index (χ1v) is 7.38. The molecule has 1 aromatic rings. The molecule has 0 aliphatic heterocycles. The third kappa shape index (κ3) is 3.44. The average molecular weight is 330 g/mol. The Labute approximate surface area is 138 Å². The van der Waals surface area contributed by atoms with Gasteiger partial charge in [0.2, 0.25) is 6.54 Å². The Morgan fingerprint density at radius 1 is 0.875 bits per heavy atom. The Bertz CT molecular complexity index is 753. The van der Waals surface area contributed by atoms with Gasteiger partial charge < -0.3 is 4.85 Å². The van der Waals surface area contributed by atoms with Crippen molar-refractivity contribution in [2.75, 3.05) is 6.54 Å². The lowest BCUT2D eigenvalue weighted by Crippen LogP contribution is -2.56. The van der Waals surface area contributed by atoms with Crippen LogP contribution in [0.4, 0.5) is 0 Å². The van der Waals surface area contributed by atoms with Gasteiger partial charge in [0.1, 0.15) is 6.04 Å². The van der Waals surface area contributed by atoms with Gasteiger partial charge in [0.25, 0.3) is 0 Å². The van der Waals surface area contributed by atoms with Crippen LogP contribution < -0.4 is 17.1 Å². The van der Waals surface area contributed by atoms with Gasteiger partial charge in [-0.25, -0.2) is 34.7 Å². The fraction of sp³-hybridized carbons (Fsp3) is 0.600. The standard InChI is InChI=1S/C15H18N6O3/c1-10(5-7-16)19-13(22)20(11(2)6-8-17)15(24)21(14(19)23)12(3)9-18-4/h10-12H,5-6,9H2,1-3H3. The first-order chi connectivity index (χ1) is 11.3. The molecule has 0 fully saturated rings. The Morgan fingerprint density at radius 2 is 1.21 bits per heavy atom. The molecule has 24 heavy (non-hydrogen) atoms. The molecule has 0 spiro atoms. The minimum atomic E-state index is -0.846. The van der Waals surface area contributed by atoms with Crippen LogP contribution in [0.2, 0.25) is 0 Å². The highest BCUT2D eigenvalue weighted by molar-refractivity contribution is 4.91. The predicted molar refractivity (Wildman–Crippen MR) is 85.3 cm³/mol. The number of hydrogen-bond donors (Lipinski definition) is 0. The van der Waals surface area contributed by atoms with Crippen LogP contribution in [0.15, 0.2) is 14.4 Å². The van der Waals surface area contributed by atoms with Crippen LogP contribution in [-0.4, -0.2) is 20.2 Å². The summed E-state index contributed by atoms with van der Waals surface area (Å²) in [7, 11) is 0. The van der Waals surface area contributed by atoms with Crippen LogP contribution >= 0.6 is 0 Å². The number of hydrogen-bond acceptors (Lipinski definition) is 5. The van der Waals surface area contributed by atoms with E-state index in [4.69, 9.17) is 17.1 Å². The summed E-state index contributed by atoms with van der Waals surface area (Å²) in [6.07, 6.45) is -0.172. The van der Waals surface area contributed by atoms with Crippen LogP contribution in [0.1, 0.15) is 51.7 Å². The second-order valence-corrected chi connectivity index (χ2v) is 5.57. The van der Waals surface area contributed by atoms with Crippen molar-refractivity contribution in [3.8, 4) is 12.1 Å². The Balaban J connectivity index is 3.87. The maximum absolute atomic E-state index is 12.6. The van der Waals surface area contributed by atoms with Gasteiger partial charge in [0.05, 0.1) is 37.1 Å². The lowest BCUT2D eigenvalue weighted by Gasteiger charge is -2.20. The maximum atomic E-state index is 12.6. The second-order valence-electron chi connectivity index (χ2n) is 5.57. The smallest absolute Gasteiger partial charge is 0.315 e. The quantitative estimate of drug-likeness (QED) is 0.708. The predicted octanol–water partition coefficient (Wildman–Crippen LogP) is 0.601. The number of aromatic nitrogens is 3. The molecule has 126 valence electrons. The molecule has 3 atom stereocenters. The summed E-state index contributed by atoms with van der Waals surface area (Å²) < 4.78 is 2.54. The van der Waals surface area contributed by atoms with Crippen molar-refractivity contribution < 1.29 is 0 Å². The molecule has 1 rings (SSSR count). The van der Waals surface area contributed by atoms with E-state index in [1.54, 1.807) is 0 Å². The minimum Gasteiger partial charge on any atom is -0.315 e. The fourth-order valence-electron chi connectivity index (χ4n) is 2.39. The summed E-state index contributed by atoms with van der Waals surface area (Å²) in [4.78, 5) is 41.0. The van der Waals surface area contributed by atoms with Crippen molar-refractivity contribution >= 4 is 0 Å². The summed E-state index contributed by atoms with van der Waals surface area (Å²) in [5.74, 6) is 0. The zero-order valence-electron chi connectivity index (χ0n) is 13.8. The molecule has 0 amide bonds. The monoisotopic (exact) mass is 330 g/mol. The highest BCUT2D eigenvalue weighted by Crippen LogP contribution is 2.08. The highest BCUT2D eigenvalue weighted by atomic mass is 16.2. The van der Waals surface area contributed by atoms with E-state index >= 15 is 0 Å². The Morgan fingerprint density at radius 3 is 1.50 bits per heavy atom. The zero-order valence-corrected chi connectivity index (χ0v) is 13.8. The van der Waals surface area contributed by atoms with Crippen LogP contribution in [0.3, 0.4) is 0 Å². The van der Waals surface area contributed by atoms with E-state index in [1.165, 1.54) is 20.8 Å². The van der Waals surface area contributed by atoms with Gasteiger partial charge in [-0.05, 0) is 20.8 Å². The Hall–Kier alpha value is -3.12. The number of nitriles is 2. The van der Waals surface area contributed by atoms with Crippen molar-refractivity contribution in [2.45, 2.75) is 51.7 Å². The van der Waals surface area contributed by atoms with E-state index in [9.17, 15) is 14.4 Å². The third-order valence-corrected chi connectivity index (χ3v) is 3.69. The van der Waals surface area contributed by atoms with Gasteiger partial charge in [0, 0.05) is 0 Å². The van der Waals surface area contributed by atoms with E-state index in [0.29, 0.717) is 0 Å². The van der Waals surface area contributed by atoms with Gasteiger partial charge in [-0.2, -0.15) is 10.5 Å². The largest absolute Gasteiger partial charge is 0.337 e. The van der Waals surface area contributed by atoms with Crippen molar-refractivity contribution in [2.24, 2.45) is 0 Å². The van der Waals surface area contributed by atoms with E-state index in [2.05, 4.69) is 4.85 Å². The molecular formula is C15H18N6O3. The van der Waals surface area contributed by atoms with E-state index < -0.39 is 35.2 Å². The summed E-state index contributed by atoms with van der Waals surface area (Å²) in [5, 5.41) is 17.7. The minimum absolute atomic E-state index is 0.0861. The molecule has 0 bridgehead atoms. The summed E-state index contributed by atoms with van der Waals surface area (Å²) in [5.41, 5.74) is -2.53. The summed E-state index contributed by atoms with van der Waals surface area (Å²) in [6.45, 7) is 11.4. The van der Waals surface area contributed by atoms with Crippen LogP contribution in [0.25, 0.3) is 4.85 Å². The molecule has 1 heterocycles. The molecule has 9 heteroatoms. The number of nitrogens with zero attached hydrogens (tertiary/aromatic N) is 6. The van der Waals surface area contributed by atoms with E-state index in [0.717, 1.165) is 13.7 Å². The maximum Gasteiger partial charge on any atom is 0.337 e. The van der Waals surface area contributed by atoms with Gasteiger partial charge in [-0.1, -0.05) is 0 Å². The van der Waals surface area contributed by atoms with Crippen LogP contribution in [0.5, 0.6) is 0 Å². The highest BCUT2D eigenvalue weighted by Gasteiger charge is 2.25. The first kappa shape index (κ1) is 18.9. The molecule has 0 saturated carbocycles. The molecule has 0 aliphatic carbocycles. The average Bonchev–Trinajstić information content (AvgIpc) is 2.47. The topological polar surface area (TPSA) is 118 Å². The first-order valence-electron chi connectivity index (χ1n) is 7.38. The normalized spacial score (nSPS) is 14.0. The fourth-order valence-corrected chi connectivity index (χ4v) is 2.39. The second kappa shape index (κ2) is 7.94. The number of rotatable bonds is 6. The lowest BCUT2D eigenvalue weighted by atomic mass is 10.2. The van der Waals surface area contributed by atoms with Crippen molar-refractivity contribution in [1.29, 1.82) is 10.5 Å². The van der Waals surface area contributed by atoms with Crippen LogP contribution in [0, 0.1) is 29.2 Å². The Kier molecular flexibility index (Phi) is 6.26. The molecule has 0 radical (unpaired) electrons. The molecule has 9 nitrogen and oxygen atoms in total. The summed E-state index contributed by atoms with van der Waals surface area (Å²) >= 11 is 0. The van der Waals surface area contributed by atoms with Crippen LogP contribution in [-0.2, 0) is 0 Å². The SMILES string of the molecule is [C-]#[N+]CC(C)n1c(=O)n(C(C)CC#N)c(=O)n(C(C)CC#N)c1=O. The van der Waals surface area contributed by atoms with Gasteiger partial charge in [-0.3, -0.25) is 0 Å². The van der Waals surface area contributed by atoms with Crippen molar-refractivity contribution in [1.82, 2.24) is 13.7 Å². The van der Waals surface area contributed by atoms with Crippen molar-refractivity contribution in [3.05, 3.63) is 42.9 Å². The van der Waals surface area contributed by atoms with Crippen molar-refractivity contribution in [3.63, 3.8) is 0 Å². The molecule has 0 aliphatic rings. The van der Waals surface area contributed by atoms with Gasteiger partial charge in [0.15, 0.2) is 0 Å². The van der Waals surface area contributed by atoms with Gasteiger partial charge >= 0.3 is 17.1 Å².